The minimum Gasteiger partial charge on any atom is -0.464 e. The van der Waals surface area contributed by atoms with Crippen LogP contribution in [0.3, 0.4) is 0 Å². The molecule has 0 bridgehead atoms. The summed E-state index contributed by atoms with van der Waals surface area (Å²) in [6, 6.07) is 21.8. The van der Waals surface area contributed by atoms with Gasteiger partial charge in [-0.25, -0.2) is 4.98 Å². The molecule has 3 aromatic heterocycles. The number of hydrogen-bond acceptors (Lipinski definition) is 6. The van der Waals surface area contributed by atoms with Crippen molar-refractivity contribution in [2.24, 2.45) is 5.92 Å². The Morgan fingerprint density at radius 3 is 2.26 bits per heavy atom. The van der Waals surface area contributed by atoms with E-state index in [1.807, 2.05) is 66.7 Å². The number of fused-ring (bicyclic) bond motifs is 1. The van der Waals surface area contributed by atoms with Gasteiger partial charge in [0.05, 0.1) is 0 Å². The molecule has 154 valence electrons. The highest BCUT2D eigenvalue weighted by Gasteiger charge is 2.24. The molecule has 1 atom stereocenters. The quantitative estimate of drug-likeness (QED) is 0.446. The van der Waals surface area contributed by atoms with Crippen molar-refractivity contribution in [2.45, 2.75) is 20.0 Å². The second-order valence-corrected chi connectivity index (χ2v) is 7.54. The zero-order valence-electron chi connectivity index (χ0n) is 17.2. The smallest absolute Gasteiger partial charge is 0.240 e. The molecule has 8 nitrogen and oxygen atoms in total. The molecule has 0 aliphatic rings. The van der Waals surface area contributed by atoms with Gasteiger partial charge in [-0.15, -0.1) is 15.3 Å². The lowest BCUT2D eigenvalue weighted by Crippen LogP contribution is -2.17. The normalized spacial score (nSPS) is 12.4. The van der Waals surface area contributed by atoms with E-state index in [0.717, 1.165) is 16.7 Å². The van der Waals surface area contributed by atoms with E-state index >= 15 is 0 Å². The fourth-order valence-electron chi connectivity index (χ4n) is 3.47. The van der Waals surface area contributed by atoms with Crippen molar-refractivity contribution in [1.82, 2.24) is 35.0 Å². The lowest BCUT2D eigenvalue weighted by atomic mass is 10.1. The van der Waals surface area contributed by atoms with Gasteiger partial charge >= 0.3 is 0 Å². The van der Waals surface area contributed by atoms with Gasteiger partial charge in [0.15, 0.2) is 23.4 Å². The third-order valence-corrected chi connectivity index (χ3v) is 5.02. The van der Waals surface area contributed by atoms with Crippen LogP contribution in [0.5, 0.6) is 5.88 Å². The molecule has 0 fully saturated rings. The van der Waals surface area contributed by atoms with Crippen LogP contribution in [0.1, 0.15) is 25.8 Å². The minimum atomic E-state index is -0.341. The van der Waals surface area contributed by atoms with Crippen molar-refractivity contribution in [3.63, 3.8) is 0 Å². The Balaban J connectivity index is 1.68. The fourth-order valence-corrected chi connectivity index (χ4v) is 3.47. The fraction of sp³-hybridized carbons (Fsp3) is 0.174. The first kappa shape index (κ1) is 18.9. The van der Waals surface area contributed by atoms with E-state index in [4.69, 9.17) is 9.84 Å². The average Bonchev–Trinajstić information content (AvgIpc) is 3.48. The van der Waals surface area contributed by atoms with Crippen molar-refractivity contribution in [1.29, 1.82) is 0 Å². The van der Waals surface area contributed by atoms with Crippen LogP contribution in [-0.4, -0.2) is 35.0 Å². The molecule has 0 saturated heterocycles. The molecule has 1 unspecified atom stereocenters. The van der Waals surface area contributed by atoms with Gasteiger partial charge < -0.3 is 4.74 Å². The maximum Gasteiger partial charge on any atom is 0.240 e. The van der Waals surface area contributed by atoms with Crippen LogP contribution >= 0.6 is 0 Å². The average molecular weight is 411 g/mol. The Hall–Kier alpha value is -4.07. The summed E-state index contributed by atoms with van der Waals surface area (Å²) in [5, 5.41) is 20.5. The number of nitrogens with one attached hydrogen (secondary N) is 1. The number of ether oxygens (including phenoxy) is 1. The minimum absolute atomic E-state index is 0.142. The van der Waals surface area contributed by atoms with Gasteiger partial charge in [0.2, 0.25) is 5.88 Å². The molecule has 0 spiro atoms. The van der Waals surface area contributed by atoms with E-state index in [1.165, 1.54) is 6.33 Å². The first-order valence-electron chi connectivity index (χ1n) is 10.1. The molecule has 1 N–H and O–H groups in total. The Kier molecular flexibility index (Phi) is 4.87. The van der Waals surface area contributed by atoms with E-state index in [0.29, 0.717) is 23.2 Å². The molecule has 0 amide bonds. The van der Waals surface area contributed by atoms with Gasteiger partial charge in [-0.3, -0.25) is 5.10 Å². The third-order valence-electron chi connectivity index (χ3n) is 5.02. The van der Waals surface area contributed by atoms with Crippen molar-refractivity contribution in [2.75, 3.05) is 0 Å². The number of benzene rings is 2. The molecule has 0 aliphatic heterocycles. The first-order valence-corrected chi connectivity index (χ1v) is 10.1. The number of aromatic amines is 1. The van der Waals surface area contributed by atoms with Gasteiger partial charge in [0.1, 0.15) is 6.33 Å². The van der Waals surface area contributed by atoms with Crippen molar-refractivity contribution >= 4 is 5.65 Å². The van der Waals surface area contributed by atoms with Gasteiger partial charge in [-0.2, -0.15) is 9.61 Å². The highest BCUT2D eigenvalue weighted by Crippen LogP contribution is 2.34. The van der Waals surface area contributed by atoms with Crippen LogP contribution in [0.2, 0.25) is 0 Å². The summed E-state index contributed by atoms with van der Waals surface area (Å²) in [7, 11) is 0. The Labute approximate surface area is 179 Å². The molecule has 0 radical (unpaired) electrons. The van der Waals surface area contributed by atoms with E-state index in [2.05, 4.69) is 39.2 Å². The summed E-state index contributed by atoms with van der Waals surface area (Å²) in [6.45, 7) is 4.14. The van der Waals surface area contributed by atoms with Crippen LogP contribution in [0.4, 0.5) is 0 Å². The predicted molar refractivity (Wildman–Crippen MR) is 116 cm³/mol. The largest absolute Gasteiger partial charge is 0.464 e. The van der Waals surface area contributed by atoms with Gasteiger partial charge in [-0.1, -0.05) is 74.5 Å². The van der Waals surface area contributed by atoms with Crippen LogP contribution in [0.25, 0.3) is 28.2 Å². The third kappa shape index (κ3) is 3.63. The summed E-state index contributed by atoms with van der Waals surface area (Å²) in [4.78, 5) is 4.30. The maximum atomic E-state index is 6.45. The number of H-pyrrole nitrogens is 1. The highest BCUT2D eigenvalue weighted by atomic mass is 16.5. The standard InChI is InChI=1S/C23H21N7O/c1-15(2)20(21-24-14-25-27-21)31-23-18(16-9-5-3-6-10-16)13-19-26-28-22(30(19)29-23)17-11-7-4-8-12-17/h3-15,20H,1-2H3,(H,24,25,27). The van der Waals surface area contributed by atoms with Crippen molar-refractivity contribution in [3.05, 3.63) is 78.9 Å². The van der Waals surface area contributed by atoms with Crippen molar-refractivity contribution < 1.29 is 4.74 Å². The second-order valence-electron chi connectivity index (χ2n) is 7.54. The monoisotopic (exact) mass is 411 g/mol. The zero-order chi connectivity index (χ0) is 21.2. The molecule has 5 aromatic rings. The number of aromatic nitrogens is 7. The van der Waals surface area contributed by atoms with E-state index < -0.39 is 0 Å². The molecule has 31 heavy (non-hydrogen) atoms. The molecule has 0 aliphatic carbocycles. The molecular formula is C23H21N7O. The summed E-state index contributed by atoms with van der Waals surface area (Å²) in [6.07, 6.45) is 1.14. The lowest BCUT2D eigenvalue weighted by Gasteiger charge is -2.21. The SMILES string of the molecule is CC(C)C(Oc1nn2c(-c3ccccc3)nnc2cc1-c1ccccc1)c1ncn[nH]1. The van der Waals surface area contributed by atoms with Crippen LogP contribution in [0, 0.1) is 5.92 Å². The van der Waals surface area contributed by atoms with E-state index in [1.54, 1.807) is 4.52 Å². The molecule has 3 heterocycles. The molecule has 5 rings (SSSR count). The predicted octanol–water partition coefficient (Wildman–Crippen LogP) is 4.35. The van der Waals surface area contributed by atoms with Crippen LogP contribution in [0.15, 0.2) is 73.1 Å². The van der Waals surface area contributed by atoms with E-state index in [9.17, 15) is 0 Å². The Bertz CT molecular complexity index is 1280. The number of nitrogens with zero attached hydrogens (tertiary/aromatic N) is 6. The first-order chi connectivity index (χ1) is 15.2. The maximum absolute atomic E-state index is 6.45. The van der Waals surface area contributed by atoms with Gasteiger partial charge in [0.25, 0.3) is 0 Å². The summed E-state index contributed by atoms with van der Waals surface area (Å²) in [5.41, 5.74) is 3.39. The Morgan fingerprint density at radius 1 is 0.903 bits per heavy atom. The molecule has 0 saturated carbocycles. The summed E-state index contributed by atoms with van der Waals surface area (Å²) in [5.74, 6) is 1.93. The van der Waals surface area contributed by atoms with Gasteiger partial charge in [0, 0.05) is 11.1 Å². The lowest BCUT2D eigenvalue weighted by molar-refractivity contribution is 0.137. The van der Waals surface area contributed by atoms with Crippen LogP contribution in [-0.2, 0) is 0 Å². The number of hydrogen-bond donors (Lipinski definition) is 1. The second kappa shape index (κ2) is 7.98. The molecule has 2 aromatic carbocycles. The Morgan fingerprint density at radius 2 is 1.61 bits per heavy atom. The summed E-state index contributed by atoms with van der Waals surface area (Å²) < 4.78 is 8.17. The molecular weight excluding hydrogens is 390 g/mol. The van der Waals surface area contributed by atoms with Crippen molar-refractivity contribution in [3.8, 4) is 28.4 Å². The van der Waals surface area contributed by atoms with Gasteiger partial charge in [-0.05, 0) is 17.5 Å². The van der Waals surface area contributed by atoms with E-state index in [-0.39, 0.29) is 12.0 Å². The zero-order valence-corrected chi connectivity index (χ0v) is 17.2. The highest BCUT2D eigenvalue weighted by molar-refractivity contribution is 5.73. The molecule has 8 heteroatoms. The van der Waals surface area contributed by atoms with Crippen LogP contribution < -0.4 is 4.74 Å². The summed E-state index contributed by atoms with van der Waals surface area (Å²) >= 11 is 0. The topological polar surface area (TPSA) is 93.9 Å². The number of rotatable bonds is 6.